The van der Waals surface area contributed by atoms with Crippen LogP contribution in [0.3, 0.4) is 0 Å². The predicted octanol–water partition coefficient (Wildman–Crippen LogP) is 1.61. The van der Waals surface area contributed by atoms with E-state index >= 15 is 0 Å². The van der Waals surface area contributed by atoms with Gasteiger partial charge in [-0.2, -0.15) is 9.97 Å². The van der Waals surface area contributed by atoms with Crippen molar-refractivity contribution in [2.24, 2.45) is 5.41 Å². The number of fused-ring (bicyclic) bond motifs is 1. The third kappa shape index (κ3) is 3.36. The molecule has 0 atom stereocenters. The van der Waals surface area contributed by atoms with E-state index < -0.39 is 0 Å². The van der Waals surface area contributed by atoms with Gasteiger partial charge >= 0.3 is 0 Å². The fraction of sp³-hybridized carbons (Fsp3) is 0.615. The lowest BCUT2D eigenvalue weighted by atomic mass is 9.88. The third-order valence-corrected chi connectivity index (χ3v) is 3.26. The molecular formula is C13H22N6O. The van der Waals surface area contributed by atoms with E-state index in [2.05, 4.69) is 44.4 Å². The zero-order valence-corrected chi connectivity index (χ0v) is 12.2. The number of nitrogens with one attached hydrogen (secondary N) is 3. The van der Waals surface area contributed by atoms with Crippen LogP contribution in [0.15, 0.2) is 6.33 Å². The second-order valence-corrected chi connectivity index (χ2v) is 5.59. The zero-order chi connectivity index (χ0) is 14.6. The number of nitrogens with zero attached hydrogens (tertiary/aromatic N) is 3. The lowest BCUT2D eigenvalue weighted by Crippen LogP contribution is -2.24. The molecule has 0 aromatic carbocycles. The monoisotopic (exact) mass is 278 g/mol. The number of rotatable bonds is 7. The molecule has 0 amide bonds. The highest BCUT2D eigenvalue weighted by atomic mass is 16.2. The maximum atomic E-state index is 8.93. The number of hydrogen-bond acceptors (Lipinski definition) is 6. The van der Waals surface area contributed by atoms with E-state index in [9.17, 15) is 0 Å². The standard InChI is InChI=1S/C13H22N6O/c1-13(2,5-4-6-20)7-15-10-9-11(17-8-16-9)19-12(14-3)18-10/h8,20H,4-7H2,1-3H3,(H3,14,15,16,17,18,19). The molecule has 20 heavy (non-hydrogen) atoms. The fourth-order valence-electron chi connectivity index (χ4n) is 2.04. The largest absolute Gasteiger partial charge is 0.396 e. The molecule has 2 aromatic heterocycles. The predicted molar refractivity (Wildman–Crippen MR) is 79.8 cm³/mol. The van der Waals surface area contributed by atoms with E-state index in [0.717, 1.165) is 30.7 Å². The average molecular weight is 278 g/mol. The molecule has 0 aliphatic heterocycles. The van der Waals surface area contributed by atoms with Crippen LogP contribution in [0.4, 0.5) is 11.8 Å². The first-order valence-electron chi connectivity index (χ1n) is 6.79. The summed E-state index contributed by atoms with van der Waals surface area (Å²) in [5, 5.41) is 15.2. The van der Waals surface area contributed by atoms with Crippen LogP contribution in [-0.4, -0.2) is 45.2 Å². The minimum absolute atomic E-state index is 0.0832. The van der Waals surface area contributed by atoms with Crippen molar-refractivity contribution in [2.75, 3.05) is 30.8 Å². The summed E-state index contributed by atoms with van der Waals surface area (Å²) < 4.78 is 0. The maximum absolute atomic E-state index is 8.93. The SMILES string of the molecule is CNc1nc(NCC(C)(C)CCCO)c2[nH]cnc2n1. The Kier molecular flexibility index (Phi) is 4.39. The number of aromatic amines is 1. The van der Waals surface area contributed by atoms with Crippen molar-refractivity contribution < 1.29 is 5.11 Å². The van der Waals surface area contributed by atoms with Gasteiger partial charge in [0.2, 0.25) is 5.95 Å². The van der Waals surface area contributed by atoms with Gasteiger partial charge in [-0.3, -0.25) is 0 Å². The van der Waals surface area contributed by atoms with Crippen LogP contribution in [0, 0.1) is 5.41 Å². The quantitative estimate of drug-likeness (QED) is 0.614. The molecule has 0 aliphatic rings. The first-order valence-corrected chi connectivity index (χ1v) is 6.79. The Hall–Kier alpha value is -1.89. The Labute approximate surface area is 118 Å². The number of aromatic nitrogens is 4. The number of H-pyrrole nitrogens is 1. The first kappa shape index (κ1) is 14.5. The summed E-state index contributed by atoms with van der Waals surface area (Å²) in [5.74, 6) is 1.29. The van der Waals surface area contributed by atoms with E-state index in [-0.39, 0.29) is 12.0 Å². The van der Waals surface area contributed by atoms with Gasteiger partial charge in [0, 0.05) is 20.2 Å². The van der Waals surface area contributed by atoms with Gasteiger partial charge in [-0.1, -0.05) is 13.8 Å². The molecule has 0 aliphatic carbocycles. The van der Waals surface area contributed by atoms with Crippen molar-refractivity contribution in [3.8, 4) is 0 Å². The molecule has 0 saturated heterocycles. The van der Waals surface area contributed by atoms with Crippen LogP contribution in [0.2, 0.25) is 0 Å². The maximum Gasteiger partial charge on any atom is 0.226 e. The molecule has 0 bridgehead atoms. The van der Waals surface area contributed by atoms with Crippen molar-refractivity contribution in [3.63, 3.8) is 0 Å². The van der Waals surface area contributed by atoms with Crippen LogP contribution >= 0.6 is 0 Å². The third-order valence-electron chi connectivity index (χ3n) is 3.26. The zero-order valence-electron chi connectivity index (χ0n) is 12.2. The van der Waals surface area contributed by atoms with Crippen LogP contribution in [0.25, 0.3) is 11.2 Å². The second kappa shape index (κ2) is 6.04. The van der Waals surface area contributed by atoms with Gasteiger partial charge in [0.1, 0.15) is 5.52 Å². The minimum Gasteiger partial charge on any atom is -0.396 e. The number of aliphatic hydroxyl groups excluding tert-OH is 1. The number of imidazole rings is 1. The van der Waals surface area contributed by atoms with Gasteiger partial charge in [-0.05, 0) is 18.3 Å². The lowest BCUT2D eigenvalue weighted by Gasteiger charge is -2.25. The lowest BCUT2D eigenvalue weighted by molar-refractivity contribution is 0.248. The molecule has 7 nitrogen and oxygen atoms in total. The summed E-state index contributed by atoms with van der Waals surface area (Å²) in [6.07, 6.45) is 3.37. The summed E-state index contributed by atoms with van der Waals surface area (Å²) in [4.78, 5) is 15.9. The van der Waals surface area contributed by atoms with Crippen LogP contribution < -0.4 is 10.6 Å². The fourth-order valence-corrected chi connectivity index (χ4v) is 2.04. The Morgan fingerprint density at radius 3 is 2.85 bits per heavy atom. The Balaban J connectivity index is 2.14. The van der Waals surface area contributed by atoms with Crippen LogP contribution in [0.1, 0.15) is 26.7 Å². The van der Waals surface area contributed by atoms with Crippen molar-refractivity contribution in [2.45, 2.75) is 26.7 Å². The van der Waals surface area contributed by atoms with Crippen molar-refractivity contribution in [1.29, 1.82) is 0 Å². The van der Waals surface area contributed by atoms with Gasteiger partial charge in [-0.25, -0.2) is 4.98 Å². The summed E-state index contributed by atoms with van der Waals surface area (Å²) in [7, 11) is 1.78. The second-order valence-electron chi connectivity index (χ2n) is 5.59. The van der Waals surface area contributed by atoms with E-state index in [1.54, 1.807) is 13.4 Å². The molecule has 2 heterocycles. The van der Waals surface area contributed by atoms with Crippen molar-refractivity contribution >= 4 is 22.9 Å². The Morgan fingerprint density at radius 2 is 2.15 bits per heavy atom. The van der Waals surface area contributed by atoms with E-state index in [1.165, 1.54) is 0 Å². The summed E-state index contributed by atoms with van der Waals surface area (Å²) in [6.45, 7) is 5.33. The molecule has 0 spiro atoms. The molecular weight excluding hydrogens is 256 g/mol. The average Bonchev–Trinajstić information content (AvgIpc) is 2.90. The molecule has 0 fully saturated rings. The summed E-state index contributed by atoms with van der Waals surface area (Å²) >= 11 is 0. The summed E-state index contributed by atoms with van der Waals surface area (Å²) in [6, 6.07) is 0. The molecule has 2 aromatic rings. The Morgan fingerprint density at radius 1 is 1.35 bits per heavy atom. The van der Waals surface area contributed by atoms with E-state index in [4.69, 9.17) is 5.11 Å². The smallest absolute Gasteiger partial charge is 0.226 e. The molecule has 0 radical (unpaired) electrons. The molecule has 7 heteroatoms. The first-order chi connectivity index (χ1) is 9.55. The molecule has 0 saturated carbocycles. The molecule has 2 rings (SSSR count). The topological polar surface area (TPSA) is 98.8 Å². The van der Waals surface area contributed by atoms with Gasteiger partial charge in [0.05, 0.1) is 6.33 Å². The van der Waals surface area contributed by atoms with E-state index in [1.807, 2.05) is 0 Å². The van der Waals surface area contributed by atoms with Crippen molar-refractivity contribution in [1.82, 2.24) is 19.9 Å². The van der Waals surface area contributed by atoms with Gasteiger partial charge < -0.3 is 20.7 Å². The van der Waals surface area contributed by atoms with E-state index in [0.29, 0.717) is 11.6 Å². The number of anilines is 2. The molecule has 0 unspecified atom stereocenters. The highest BCUT2D eigenvalue weighted by molar-refractivity contribution is 5.83. The highest BCUT2D eigenvalue weighted by Gasteiger charge is 2.18. The number of aliphatic hydroxyl groups is 1. The Bertz CT molecular complexity index is 565. The highest BCUT2D eigenvalue weighted by Crippen LogP contribution is 2.24. The van der Waals surface area contributed by atoms with Crippen molar-refractivity contribution in [3.05, 3.63) is 6.33 Å². The minimum atomic E-state index is 0.0832. The van der Waals surface area contributed by atoms with Gasteiger partial charge in [0.15, 0.2) is 11.5 Å². The van der Waals surface area contributed by atoms with Gasteiger partial charge in [0.25, 0.3) is 0 Å². The summed E-state index contributed by atoms with van der Waals surface area (Å²) in [5.41, 5.74) is 1.53. The molecule has 110 valence electrons. The number of hydrogen-bond donors (Lipinski definition) is 4. The van der Waals surface area contributed by atoms with Gasteiger partial charge in [-0.15, -0.1) is 0 Å². The van der Waals surface area contributed by atoms with Crippen LogP contribution in [0.5, 0.6) is 0 Å². The normalized spacial score (nSPS) is 11.8. The van der Waals surface area contributed by atoms with Crippen LogP contribution in [-0.2, 0) is 0 Å². The molecule has 4 N–H and O–H groups in total.